The topological polar surface area (TPSA) is 87.3 Å². The predicted octanol–water partition coefficient (Wildman–Crippen LogP) is 4.56. The molecular weight excluding hydrogens is 572 g/mol. The number of halogens is 1. The van der Waals surface area contributed by atoms with Crippen molar-refractivity contribution in [2.24, 2.45) is 16.1 Å². The summed E-state index contributed by atoms with van der Waals surface area (Å²) in [7, 11) is 0. The Labute approximate surface area is 263 Å². The van der Waals surface area contributed by atoms with Gasteiger partial charge in [-0.1, -0.05) is 49.2 Å². The van der Waals surface area contributed by atoms with Crippen molar-refractivity contribution in [3.05, 3.63) is 81.0 Å². The molecule has 0 radical (unpaired) electrons. The van der Waals surface area contributed by atoms with Gasteiger partial charge in [-0.25, -0.2) is 0 Å². The molecule has 4 aliphatic rings. The molecule has 8 nitrogen and oxygen atoms in total. The zero-order valence-electron chi connectivity index (χ0n) is 25.5. The second-order valence-corrected chi connectivity index (χ2v) is 13.5. The van der Waals surface area contributed by atoms with Gasteiger partial charge in [0.1, 0.15) is 12.3 Å². The maximum atomic E-state index is 12.6. The highest BCUT2D eigenvalue weighted by molar-refractivity contribution is 6.30. The van der Waals surface area contributed by atoms with E-state index >= 15 is 0 Å². The number of aromatic nitrogens is 1. The maximum Gasteiger partial charge on any atom is 0.250 e. The second-order valence-electron chi connectivity index (χ2n) is 13.0. The molecule has 1 fully saturated rings. The van der Waals surface area contributed by atoms with Crippen molar-refractivity contribution < 1.29 is 9.53 Å². The Kier molecular flexibility index (Phi) is 7.58. The predicted molar refractivity (Wildman–Crippen MR) is 176 cm³/mol. The van der Waals surface area contributed by atoms with E-state index in [1.54, 1.807) is 5.57 Å². The number of pyridine rings is 1. The number of primary amides is 1. The van der Waals surface area contributed by atoms with Crippen LogP contribution in [0.1, 0.15) is 49.0 Å². The Morgan fingerprint density at radius 3 is 2.59 bits per heavy atom. The van der Waals surface area contributed by atoms with Crippen LogP contribution in [0, 0.1) is 5.41 Å². The van der Waals surface area contributed by atoms with Crippen LogP contribution < -0.4 is 31.0 Å². The van der Waals surface area contributed by atoms with E-state index in [-0.39, 0.29) is 0 Å². The van der Waals surface area contributed by atoms with Gasteiger partial charge < -0.3 is 20.3 Å². The fourth-order valence-corrected chi connectivity index (χ4v) is 7.18. The van der Waals surface area contributed by atoms with E-state index in [1.807, 2.05) is 24.3 Å². The first-order chi connectivity index (χ1) is 21.2. The van der Waals surface area contributed by atoms with Gasteiger partial charge in [0.2, 0.25) is 5.88 Å². The van der Waals surface area contributed by atoms with E-state index in [4.69, 9.17) is 22.1 Å². The fraction of sp³-hybridized carbons (Fsp3) is 0.400. The van der Waals surface area contributed by atoms with E-state index in [1.165, 1.54) is 17.6 Å². The molecule has 9 heteroatoms. The van der Waals surface area contributed by atoms with E-state index in [2.05, 4.69) is 68.9 Å². The lowest BCUT2D eigenvalue weighted by molar-refractivity contribution is 0.100. The molecule has 0 spiro atoms. The van der Waals surface area contributed by atoms with Crippen LogP contribution >= 0.6 is 11.6 Å². The number of carbonyl (C=O) groups excluding carboxylic acids is 1. The van der Waals surface area contributed by atoms with Gasteiger partial charge >= 0.3 is 0 Å². The van der Waals surface area contributed by atoms with Crippen molar-refractivity contribution in [2.75, 3.05) is 62.2 Å². The SMILES string of the molecule is CC1(C)CCC(c2ccc(Cl)cc2)=C(CN2CCN(c3ccc(C(N)=O)c(N4CCOc5nc6c(cc54)=CCN=6)c3)CC2)C1. The van der Waals surface area contributed by atoms with Crippen LogP contribution in [0.5, 0.6) is 5.88 Å². The van der Waals surface area contributed by atoms with Crippen LogP contribution in [-0.4, -0.2) is 68.2 Å². The standard InChI is InChI=1S/C35H39ClN6O2/c1-35(2)11-9-28(23-3-5-26(36)6-4-23)25(21-35)22-40-13-15-41(16-14-40)27-7-8-29(32(37)43)30(20-27)42-17-18-44-34-31(42)19-24-10-12-38-33(24)39-34/h3-8,10,19-20H,9,11-18,21-22H2,1-2H3,(H2,37,43). The van der Waals surface area contributed by atoms with Gasteiger partial charge in [0.15, 0.2) is 5.49 Å². The summed E-state index contributed by atoms with van der Waals surface area (Å²) >= 11 is 6.21. The minimum absolute atomic E-state index is 0.312. The highest BCUT2D eigenvalue weighted by atomic mass is 35.5. The van der Waals surface area contributed by atoms with Crippen LogP contribution in [0.25, 0.3) is 11.6 Å². The number of allylic oxidation sites excluding steroid dienone is 1. The van der Waals surface area contributed by atoms with Crippen molar-refractivity contribution >= 4 is 46.2 Å². The van der Waals surface area contributed by atoms with E-state index in [0.29, 0.717) is 42.0 Å². The average Bonchev–Trinajstić information content (AvgIpc) is 3.47. The number of ether oxygens (including phenoxy) is 1. The quantitative estimate of drug-likeness (QED) is 0.440. The summed E-state index contributed by atoms with van der Waals surface area (Å²) in [6.07, 6.45) is 5.48. The first-order valence-corrected chi connectivity index (χ1v) is 16.0. The summed E-state index contributed by atoms with van der Waals surface area (Å²) < 4.78 is 5.91. The molecule has 0 atom stereocenters. The number of piperazine rings is 1. The van der Waals surface area contributed by atoms with Gasteiger partial charge in [-0.15, -0.1) is 0 Å². The normalized spacial score (nSPS) is 19.5. The molecule has 4 heterocycles. The smallest absolute Gasteiger partial charge is 0.250 e. The molecule has 3 aliphatic heterocycles. The molecule has 2 N–H and O–H groups in total. The summed E-state index contributed by atoms with van der Waals surface area (Å²) in [6, 6.07) is 16.4. The van der Waals surface area contributed by atoms with E-state index in [0.717, 1.165) is 72.9 Å². The van der Waals surface area contributed by atoms with Crippen LogP contribution in [0.4, 0.5) is 17.1 Å². The summed E-state index contributed by atoms with van der Waals surface area (Å²) in [6.45, 7) is 11.2. The lowest BCUT2D eigenvalue weighted by atomic mass is 9.73. The van der Waals surface area contributed by atoms with Crippen LogP contribution in [0.2, 0.25) is 5.02 Å². The van der Waals surface area contributed by atoms with Crippen LogP contribution in [-0.2, 0) is 0 Å². The molecule has 0 unspecified atom stereocenters. The number of fused-ring (bicyclic) bond motifs is 2. The second kappa shape index (κ2) is 11.6. The summed E-state index contributed by atoms with van der Waals surface area (Å²) in [5, 5.41) is 1.77. The van der Waals surface area contributed by atoms with Gasteiger partial charge in [0.05, 0.1) is 24.3 Å². The van der Waals surface area contributed by atoms with Crippen LogP contribution in [0.15, 0.2) is 59.1 Å². The van der Waals surface area contributed by atoms with Gasteiger partial charge in [-0.2, -0.15) is 4.98 Å². The number of nitrogens with zero attached hydrogens (tertiary/aromatic N) is 5. The first-order valence-electron chi connectivity index (χ1n) is 15.6. The number of nitrogens with two attached hydrogens (primary N) is 1. The number of rotatable bonds is 6. The maximum absolute atomic E-state index is 12.6. The van der Waals surface area contributed by atoms with E-state index < -0.39 is 5.91 Å². The third-order valence-corrected chi connectivity index (χ3v) is 9.68. The van der Waals surface area contributed by atoms with E-state index in [9.17, 15) is 4.79 Å². The molecule has 228 valence electrons. The van der Waals surface area contributed by atoms with Crippen molar-refractivity contribution in [3.8, 4) is 5.88 Å². The molecule has 0 saturated carbocycles. The van der Waals surface area contributed by atoms with Gasteiger partial charge in [0, 0.05) is 48.7 Å². The third-order valence-electron chi connectivity index (χ3n) is 9.43. The average molecular weight is 611 g/mol. The van der Waals surface area contributed by atoms with Crippen molar-refractivity contribution in [2.45, 2.75) is 33.1 Å². The van der Waals surface area contributed by atoms with Gasteiger partial charge in [-0.3, -0.25) is 14.7 Å². The number of benzene rings is 2. The molecule has 0 bridgehead atoms. The number of anilines is 3. The molecule has 1 amide bonds. The largest absolute Gasteiger partial charge is 0.474 e. The minimum atomic E-state index is -0.444. The Morgan fingerprint density at radius 1 is 1.02 bits per heavy atom. The molecule has 7 rings (SSSR count). The Morgan fingerprint density at radius 2 is 1.82 bits per heavy atom. The number of carbonyl (C=O) groups is 1. The molecule has 1 aromatic heterocycles. The number of hydrogen-bond acceptors (Lipinski definition) is 7. The van der Waals surface area contributed by atoms with Crippen LogP contribution in [0.3, 0.4) is 0 Å². The third kappa shape index (κ3) is 5.69. The zero-order valence-corrected chi connectivity index (χ0v) is 26.2. The van der Waals surface area contributed by atoms with Crippen molar-refractivity contribution in [3.63, 3.8) is 0 Å². The highest BCUT2D eigenvalue weighted by Gasteiger charge is 2.30. The summed E-state index contributed by atoms with van der Waals surface area (Å²) in [4.78, 5) is 28.8. The highest BCUT2D eigenvalue weighted by Crippen LogP contribution is 2.43. The summed E-state index contributed by atoms with van der Waals surface area (Å²) in [5.41, 5.74) is 14.5. The molecular formula is C35H39ClN6O2. The van der Waals surface area contributed by atoms with Crippen molar-refractivity contribution in [1.29, 1.82) is 0 Å². The first kappa shape index (κ1) is 28.9. The van der Waals surface area contributed by atoms with Crippen molar-refractivity contribution in [1.82, 2.24) is 9.88 Å². The zero-order chi connectivity index (χ0) is 30.4. The number of hydrogen-bond donors (Lipinski definition) is 1. The number of amides is 1. The minimum Gasteiger partial charge on any atom is -0.474 e. The molecule has 44 heavy (non-hydrogen) atoms. The Bertz CT molecular complexity index is 1760. The lowest BCUT2D eigenvalue weighted by Crippen LogP contribution is -2.47. The monoisotopic (exact) mass is 610 g/mol. The molecule has 3 aromatic rings. The Balaban J connectivity index is 1.12. The van der Waals surface area contributed by atoms with Gasteiger partial charge in [0.25, 0.3) is 5.91 Å². The Hall–Kier alpha value is -3.88. The molecule has 2 aromatic carbocycles. The fourth-order valence-electron chi connectivity index (χ4n) is 7.05. The molecule has 1 aliphatic carbocycles. The molecule has 1 saturated heterocycles. The summed E-state index contributed by atoms with van der Waals surface area (Å²) in [5.74, 6) is 0.0990. The van der Waals surface area contributed by atoms with Gasteiger partial charge in [-0.05, 0) is 72.2 Å². The lowest BCUT2D eigenvalue weighted by Gasteiger charge is -2.40.